The Balaban J connectivity index is 2.57. The van der Waals surface area contributed by atoms with Gasteiger partial charge >= 0.3 is 0 Å². The molecule has 0 aliphatic heterocycles. The van der Waals surface area contributed by atoms with Gasteiger partial charge in [0.1, 0.15) is 0 Å². The van der Waals surface area contributed by atoms with Crippen molar-refractivity contribution in [3.05, 3.63) is 24.3 Å². The fraction of sp³-hybridized carbons (Fsp3) is 0.500. The Kier molecular flexibility index (Phi) is 5.49. The van der Waals surface area contributed by atoms with Crippen molar-refractivity contribution in [2.75, 3.05) is 20.8 Å². The maximum absolute atomic E-state index is 11.9. The minimum atomic E-state index is -0.0322. The zero-order valence-corrected chi connectivity index (χ0v) is 11.5. The van der Waals surface area contributed by atoms with E-state index in [4.69, 9.17) is 9.47 Å². The zero-order valence-electron chi connectivity index (χ0n) is 11.5. The maximum Gasteiger partial charge on any atom is 0.260 e. The molecule has 0 heterocycles. The number of nitrogens with zero attached hydrogens (tertiary/aromatic N) is 1. The first-order valence-corrected chi connectivity index (χ1v) is 6.11. The molecule has 4 nitrogen and oxygen atoms in total. The summed E-state index contributed by atoms with van der Waals surface area (Å²) in [4.78, 5) is 13.6. The SMILES string of the molecule is CCC(C)N(C)C(=O)COc1ccccc1OC. The minimum absolute atomic E-state index is 0.0290. The van der Waals surface area contributed by atoms with Gasteiger partial charge in [0.15, 0.2) is 18.1 Å². The lowest BCUT2D eigenvalue weighted by molar-refractivity contribution is -0.133. The van der Waals surface area contributed by atoms with Crippen molar-refractivity contribution in [3.63, 3.8) is 0 Å². The van der Waals surface area contributed by atoms with Crippen LogP contribution < -0.4 is 9.47 Å². The molecule has 0 aliphatic carbocycles. The third-order valence-corrected chi connectivity index (χ3v) is 3.07. The van der Waals surface area contributed by atoms with E-state index in [9.17, 15) is 4.79 Å². The van der Waals surface area contributed by atoms with Gasteiger partial charge in [-0.05, 0) is 25.5 Å². The van der Waals surface area contributed by atoms with Crippen LogP contribution in [-0.4, -0.2) is 37.6 Å². The Labute approximate surface area is 108 Å². The maximum atomic E-state index is 11.9. The van der Waals surface area contributed by atoms with E-state index in [1.807, 2.05) is 19.1 Å². The molecule has 0 radical (unpaired) electrons. The first-order chi connectivity index (χ1) is 8.60. The Morgan fingerprint density at radius 2 is 1.94 bits per heavy atom. The Morgan fingerprint density at radius 3 is 2.50 bits per heavy atom. The van der Waals surface area contributed by atoms with E-state index in [0.717, 1.165) is 6.42 Å². The third kappa shape index (κ3) is 3.65. The Hall–Kier alpha value is -1.71. The molecule has 1 rings (SSSR count). The third-order valence-electron chi connectivity index (χ3n) is 3.07. The lowest BCUT2D eigenvalue weighted by Crippen LogP contribution is -2.37. The molecular formula is C14H21NO3. The van der Waals surface area contributed by atoms with Gasteiger partial charge in [0.2, 0.25) is 0 Å². The topological polar surface area (TPSA) is 38.8 Å². The highest BCUT2D eigenvalue weighted by atomic mass is 16.5. The van der Waals surface area contributed by atoms with Crippen molar-refractivity contribution in [2.45, 2.75) is 26.3 Å². The molecular weight excluding hydrogens is 230 g/mol. The summed E-state index contributed by atoms with van der Waals surface area (Å²) in [5.74, 6) is 1.19. The Bertz CT molecular complexity index is 392. The fourth-order valence-corrected chi connectivity index (χ4v) is 1.50. The average molecular weight is 251 g/mol. The van der Waals surface area contributed by atoms with Crippen LogP contribution in [0.5, 0.6) is 11.5 Å². The average Bonchev–Trinajstić information content (AvgIpc) is 2.43. The summed E-state index contributed by atoms with van der Waals surface area (Å²) in [6, 6.07) is 7.52. The highest BCUT2D eigenvalue weighted by molar-refractivity contribution is 5.77. The number of hydrogen-bond acceptors (Lipinski definition) is 3. The highest BCUT2D eigenvalue weighted by Crippen LogP contribution is 2.25. The lowest BCUT2D eigenvalue weighted by atomic mass is 10.2. The van der Waals surface area contributed by atoms with Crippen LogP contribution in [0.15, 0.2) is 24.3 Å². The number of rotatable bonds is 6. The molecule has 0 saturated heterocycles. The van der Waals surface area contributed by atoms with E-state index < -0.39 is 0 Å². The van der Waals surface area contributed by atoms with Crippen molar-refractivity contribution in [2.24, 2.45) is 0 Å². The van der Waals surface area contributed by atoms with E-state index in [1.165, 1.54) is 0 Å². The molecule has 1 amide bonds. The fourth-order valence-electron chi connectivity index (χ4n) is 1.50. The number of amides is 1. The van der Waals surface area contributed by atoms with Gasteiger partial charge in [-0.25, -0.2) is 0 Å². The predicted octanol–water partition coefficient (Wildman–Crippen LogP) is 2.33. The molecule has 0 saturated carbocycles. The van der Waals surface area contributed by atoms with Gasteiger partial charge in [0.25, 0.3) is 5.91 Å². The molecule has 0 bridgehead atoms. The molecule has 18 heavy (non-hydrogen) atoms. The van der Waals surface area contributed by atoms with Gasteiger partial charge in [-0.15, -0.1) is 0 Å². The first kappa shape index (κ1) is 14.4. The van der Waals surface area contributed by atoms with E-state index in [2.05, 4.69) is 6.92 Å². The summed E-state index contributed by atoms with van der Waals surface area (Å²) >= 11 is 0. The molecule has 0 aromatic heterocycles. The highest BCUT2D eigenvalue weighted by Gasteiger charge is 2.15. The van der Waals surface area contributed by atoms with E-state index in [-0.39, 0.29) is 18.6 Å². The summed E-state index contributed by atoms with van der Waals surface area (Å²) < 4.78 is 10.6. The first-order valence-electron chi connectivity index (χ1n) is 6.11. The van der Waals surface area contributed by atoms with Gasteiger partial charge < -0.3 is 14.4 Å². The van der Waals surface area contributed by atoms with Gasteiger partial charge in [-0.2, -0.15) is 0 Å². The number of carbonyl (C=O) groups is 1. The summed E-state index contributed by atoms with van der Waals surface area (Å²) in [6.07, 6.45) is 0.927. The van der Waals surface area contributed by atoms with Crippen LogP contribution in [0.3, 0.4) is 0 Å². The van der Waals surface area contributed by atoms with Crippen molar-refractivity contribution < 1.29 is 14.3 Å². The summed E-state index contributed by atoms with van der Waals surface area (Å²) in [5.41, 5.74) is 0. The second-order valence-corrected chi connectivity index (χ2v) is 4.20. The largest absolute Gasteiger partial charge is 0.493 e. The van der Waals surface area contributed by atoms with Crippen LogP contribution in [0.1, 0.15) is 20.3 Å². The monoisotopic (exact) mass is 251 g/mol. The number of likely N-dealkylation sites (N-methyl/N-ethyl adjacent to an activating group) is 1. The number of methoxy groups -OCH3 is 1. The van der Waals surface area contributed by atoms with Crippen molar-refractivity contribution in [1.82, 2.24) is 4.90 Å². The van der Waals surface area contributed by atoms with Gasteiger partial charge in [0.05, 0.1) is 7.11 Å². The lowest BCUT2D eigenvalue weighted by Gasteiger charge is -2.23. The smallest absolute Gasteiger partial charge is 0.260 e. The van der Waals surface area contributed by atoms with Crippen LogP contribution in [0, 0.1) is 0 Å². The molecule has 0 N–H and O–H groups in total. The van der Waals surface area contributed by atoms with Crippen molar-refractivity contribution in [1.29, 1.82) is 0 Å². The second-order valence-electron chi connectivity index (χ2n) is 4.20. The van der Waals surface area contributed by atoms with Crippen molar-refractivity contribution in [3.8, 4) is 11.5 Å². The summed E-state index contributed by atoms with van der Waals surface area (Å²) in [7, 11) is 3.37. The van der Waals surface area contributed by atoms with E-state index >= 15 is 0 Å². The second kappa shape index (κ2) is 6.89. The van der Waals surface area contributed by atoms with Crippen LogP contribution in [0.4, 0.5) is 0 Å². The van der Waals surface area contributed by atoms with Crippen LogP contribution in [0.25, 0.3) is 0 Å². The van der Waals surface area contributed by atoms with Gasteiger partial charge in [0, 0.05) is 13.1 Å². The molecule has 0 fully saturated rings. The predicted molar refractivity (Wildman–Crippen MR) is 71.0 cm³/mol. The number of para-hydroxylation sites is 2. The van der Waals surface area contributed by atoms with E-state index in [1.54, 1.807) is 31.2 Å². The molecule has 1 atom stereocenters. The molecule has 0 spiro atoms. The van der Waals surface area contributed by atoms with Gasteiger partial charge in [-0.3, -0.25) is 4.79 Å². The zero-order chi connectivity index (χ0) is 13.5. The number of carbonyl (C=O) groups excluding carboxylic acids is 1. The molecule has 0 aliphatic rings. The number of benzene rings is 1. The molecule has 100 valence electrons. The molecule has 1 aromatic carbocycles. The standard InChI is InChI=1S/C14H21NO3/c1-5-11(2)15(3)14(16)10-18-13-9-7-6-8-12(13)17-4/h6-9,11H,5,10H2,1-4H3. The van der Waals surface area contributed by atoms with E-state index in [0.29, 0.717) is 11.5 Å². The number of hydrogen-bond donors (Lipinski definition) is 0. The van der Waals surface area contributed by atoms with Crippen LogP contribution in [-0.2, 0) is 4.79 Å². The van der Waals surface area contributed by atoms with Crippen LogP contribution in [0.2, 0.25) is 0 Å². The number of ether oxygens (including phenoxy) is 2. The van der Waals surface area contributed by atoms with Crippen LogP contribution >= 0.6 is 0 Å². The summed E-state index contributed by atoms with van der Waals surface area (Å²) in [5, 5.41) is 0. The normalized spacial score (nSPS) is 11.8. The minimum Gasteiger partial charge on any atom is -0.493 e. The summed E-state index contributed by atoms with van der Waals surface area (Å²) in [6.45, 7) is 4.09. The molecule has 4 heteroatoms. The Morgan fingerprint density at radius 1 is 1.33 bits per heavy atom. The van der Waals surface area contributed by atoms with Gasteiger partial charge in [-0.1, -0.05) is 19.1 Å². The van der Waals surface area contributed by atoms with Crippen molar-refractivity contribution >= 4 is 5.91 Å². The molecule has 1 aromatic rings. The molecule has 1 unspecified atom stereocenters. The quantitative estimate of drug-likeness (QED) is 0.779.